The maximum Gasteiger partial charge on any atom is 0.0705 e. The fourth-order valence-electron chi connectivity index (χ4n) is 1.88. The van der Waals surface area contributed by atoms with Crippen LogP contribution in [0.5, 0.6) is 0 Å². The number of fused-ring (bicyclic) bond motifs is 1. The molecule has 0 aliphatic heterocycles. The van der Waals surface area contributed by atoms with E-state index in [1.165, 1.54) is 10.9 Å². The van der Waals surface area contributed by atoms with Gasteiger partial charge in [0, 0.05) is 24.7 Å². The van der Waals surface area contributed by atoms with Crippen LogP contribution in [-0.4, -0.2) is 11.5 Å². The maximum absolute atomic E-state index is 4.37. The van der Waals surface area contributed by atoms with Gasteiger partial charge in [-0.25, -0.2) is 0 Å². The Kier molecular flexibility index (Phi) is 3.43. The molecule has 1 aromatic carbocycles. The van der Waals surface area contributed by atoms with E-state index in [0.29, 0.717) is 5.41 Å². The monoisotopic (exact) mass is 228 g/mol. The first kappa shape index (κ1) is 12.1. The minimum atomic E-state index is 0.322. The normalized spacial score (nSPS) is 11.9. The summed E-state index contributed by atoms with van der Waals surface area (Å²) < 4.78 is 0. The second-order valence-corrected chi connectivity index (χ2v) is 5.65. The van der Waals surface area contributed by atoms with E-state index in [0.717, 1.165) is 18.6 Å². The Morgan fingerprint density at radius 3 is 2.65 bits per heavy atom. The zero-order valence-electron chi connectivity index (χ0n) is 10.8. The summed E-state index contributed by atoms with van der Waals surface area (Å²) in [5.41, 5.74) is 2.71. The summed E-state index contributed by atoms with van der Waals surface area (Å²) in [6.45, 7) is 8.64. The van der Waals surface area contributed by atoms with Crippen molar-refractivity contribution in [3.05, 3.63) is 42.1 Å². The van der Waals surface area contributed by atoms with Gasteiger partial charge in [0.2, 0.25) is 0 Å². The highest BCUT2D eigenvalue weighted by atomic mass is 14.9. The Morgan fingerprint density at radius 1 is 1.12 bits per heavy atom. The highest BCUT2D eigenvalue weighted by Gasteiger charge is 2.09. The number of hydrogen-bond donors (Lipinski definition) is 1. The molecule has 0 aliphatic carbocycles. The summed E-state index contributed by atoms with van der Waals surface area (Å²) in [6.07, 6.45) is 1.89. The second-order valence-electron chi connectivity index (χ2n) is 5.65. The lowest BCUT2D eigenvalue weighted by Gasteiger charge is -2.19. The van der Waals surface area contributed by atoms with Crippen LogP contribution in [0.1, 0.15) is 26.3 Å². The van der Waals surface area contributed by atoms with Crippen LogP contribution in [0.15, 0.2) is 36.5 Å². The summed E-state index contributed by atoms with van der Waals surface area (Å²) in [7, 11) is 0. The molecule has 1 N–H and O–H groups in total. The van der Waals surface area contributed by atoms with Gasteiger partial charge in [0.05, 0.1) is 5.52 Å². The number of benzene rings is 1. The molecule has 0 unspecified atom stereocenters. The van der Waals surface area contributed by atoms with Crippen molar-refractivity contribution in [2.75, 3.05) is 6.54 Å². The van der Waals surface area contributed by atoms with E-state index in [2.05, 4.69) is 55.3 Å². The molecule has 1 aromatic heterocycles. The maximum atomic E-state index is 4.37. The van der Waals surface area contributed by atoms with Gasteiger partial charge in [-0.05, 0) is 23.1 Å². The van der Waals surface area contributed by atoms with E-state index in [-0.39, 0.29) is 0 Å². The van der Waals surface area contributed by atoms with E-state index in [1.807, 2.05) is 12.3 Å². The summed E-state index contributed by atoms with van der Waals surface area (Å²) in [6, 6.07) is 10.4. The van der Waals surface area contributed by atoms with Crippen molar-refractivity contribution >= 4 is 10.9 Å². The fourth-order valence-corrected chi connectivity index (χ4v) is 1.88. The van der Waals surface area contributed by atoms with E-state index < -0.39 is 0 Å². The van der Waals surface area contributed by atoms with Crippen LogP contribution in [0.4, 0.5) is 0 Å². The first-order chi connectivity index (χ1) is 8.06. The number of aromatic nitrogens is 1. The number of rotatable bonds is 3. The van der Waals surface area contributed by atoms with Gasteiger partial charge in [-0.1, -0.05) is 39.0 Å². The Labute approximate surface area is 103 Å². The van der Waals surface area contributed by atoms with Crippen LogP contribution in [0.2, 0.25) is 0 Å². The molecule has 0 saturated carbocycles. The third kappa shape index (κ3) is 3.27. The van der Waals surface area contributed by atoms with E-state index in [4.69, 9.17) is 0 Å². The highest BCUT2D eigenvalue weighted by molar-refractivity contribution is 5.81. The van der Waals surface area contributed by atoms with Crippen LogP contribution >= 0.6 is 0 Å². The van der Waals surface area contributed by atoms with Gasteiger partial charge in [0.15, 0.2) is 0 Å². The molecule has 0 atom stereocenters. The number of hydrogen-bond acceptors (Lipinski definition) is 2. The van der Waals surface area contributed by atoms with Gasteiger partial charge in [0.25, 0.3) is 0 Å². The first-order valence-electron chi connectivity index (χ1n) is 6.10. The molecule has 1 heterocycles. The molecule has 0 aliphatic rings. The van der Waals surface area contributed by atoms with Crippen LogP contribution in [-0.2, 0) is 6.54 Å². The molecule has 0 spiro atoms. The number of para-hydroxylation sites is 1. The smallest absolute Gasteiger partial charge is 0.0705 e. The van der Waals surface area contributed by atoms with Gasteiger partial charge >= 0.3 is 0 Å². The third-order valence-electron chi connectivity index (χ3n) is 2.71. The summed E-state index contributed by atoms with van der Waals surface area (Å²) in [5.74, 6) is 0. The van der Waals surface area contributed by atoms with E-state index in [9.17, 15) is 0 Å². The molecule has 90 valence electrons. The van der Waals surface area contributed by atoms with Crippen LogP contribution in [0.25, 0.3) is 10.9 Å². The lowest BCUT2D eigenvalue weighted by atomic mass is 9.97. The Balaban J connectivity index is 2.13. The minimum absolute atomic E-state index is 0.322. The molecule has 17 heavy (non-hydrogen) atoms. The van der Waals surface area contributed by atoms with Gasteiger partial charge < -0.3 is 5.32 Å². The summed E-state index contributed by atoms with van der Waals surface area (Å²) in [4.78, 5) is 4.37. The lowest BCUT2D eigenvalue weighted by Crippen LogP contribution is -2.26. The van der Waals surface area contributed by atoms with Crippen molar-refractivity contribution in [2.45, 2.75) is 27.3 Å². The van der Waals surface area contributed by atoms with Crippen LogP contribution < -0.4 is 5.32 Å². The minimum Gasteiger partial charge on any atom is -0.312 e. The van der Waals surface area contributed by atoms with Gasteiger partial charge in [-0.3, -0.25) is 4.98 Å². The predicted molar refractivity (Wildman–Crippen MR) is 72.9 cm³/mol. The standard InChI is InChI=1S/C15H20N2/c1-15(2,3)11-16-10-12-8-9-17-14-7-5-4-6-13(12)14/h4-9,16H,10-11H2,1-3H3. The second kappa shape index (κ2) is 4.84. The van der Waals surface area contributed by atoms with Gasteiger partial charge in [-0.2, -0.15) is 0 Å². The van der Waals surface area contributed by atoms with Gasteiger partial charge in [-0.15, -0.1) is 0 Å². The zero-order chi connectivity index (χ0) is 12.3. The molecule has 0 radical (unpaired) electrons. The molecule has 0 bridgehead atoms. The first-order valence-corrected chi connectivity index (χ1v) is 6.10. The molecule has 0 fully saturated rings. The molecule has 2 nitrogen and oxygen atoms in total. The van der Waals surface area contributed by atoms with Crippen LogP contribution in [0.3, 0.4) is 0 Å². The summed E-state index contributed by atoms with van der Waals surface area (Å²) in [5, 5.41) is 4.75. The number of nitrogens with zero attached hydrogens (tertiary/aromatic N) is 1. The molecule has 0 amide bonds. The number of nitrogens with one attached hydrogen (secondary N) is 1. The number of pyridine rings is 1. The molecule has 2 aromatic rings. The molecule has 2 rings (SSSR count). The van der Waals surface area contributed by atoms with Crippen molar-refractivity contribution in [1.82, 2.24) is 10.3 Å². The van der Waals surface area contributed by atoms with Crippen molar-refractivity contribution in [1.29, 1.82) is 0 Å². The fraction of sp³-hybridized carbons (Fsp3) is 0.400. The van der Waals surface area contributed by atoms with E-state index >= 15 is 0 Å². The predicted octanol–water partition coefficient (Wildman–Crippen LogP) is 3.37. The van der Waals surface area contributed by atoms with Gasteiger partial charge in [0.1, 0.15) is 0 Å². The average Bonchev–Trinajstić information content (AvgIpc) is 2.28. The van der Waals surface area contributed by atoms with E-state index in [1.54, 1.807) is 0 Å². The molecular formula is C15H20N2. The Bertz CT molecular complexity index is 492. The largest absolute Gasteiger partial charge is 0.312 e. The Hall–Kier alpha value is -1.41. The van der Waals surface area contributed by atoms with Crippen LogP contribution in [0, 0.1) is 5.41 Å². The van der Waals surface area contributed by atoms with Crippen molar-refractivity contribution in [3.8, 4) is 0 Å². The topological polar surface area (TPSA) is 24.9 Å². The molecular weight excluding hydrogens is 208 g/mol. The quantitative estimate of drug-likeness (QED) is 0.871. The van der Waals surface area contributed by atoms with Crippen molar-refractivity contribution in [2.24, 2.45) is 5.41 Å². The SMILES string of the molecule is CC(C)(C)CNCc1ccnc2ccccc12. The van der Waals surface area contributed by atoms with Crippen molar-refractivity contribution in [3.63, 3.8) is 0 Å². The Morgan fingerprint density at radius 2 is 1.88 bits per heavy atom. The molecule has 0 saturated heterocycles. The lowest BCUT2D eigenvalue weighted by molar-refractivity contribution is 0.379. The van der Waals surface area contributed by atoms with Crippen molar-refractivity contribution < 1.29 is 0 Å². The highest BCUT2D eigenvalue weighted by Crippen LogP contribution is 2.16. The average molecular weight is 228 g/mol. The molecule has 2 heteroatoms. The third-order valence-corrected chi connectivity index (χ3v) is 2.71. The zero-order valence-corrected chi connectivity index (χ0v) is 10.8. The summed E-state index contributed by atoms with van der Waals surface area (Å²) >= 11 is 0.